The minimum Gasteiger partial charge on any atom is -0.103 e. The van der Waals surface area contributed by atoms with Crippen molar-refractivity contribution in [2.75, 3.05) is 0 Å². The zero-order chi connectivity index (χ0) is 11.1. The molecule has 0 atom stereocenters. The second-order valence-corrected chi connectivity index (χ2v) is 4.60. The first-order valence-corrected chi connectivity index (χ1v) is 6.13. The number of allylic oxidation sites excluding steroid dienone is 2. The number of benzene rings is 1. The van der Waals surface area contributed by atoms with Gasteiger partial charge in [-0.1, -0.05) is 63.9 Å². The number of hydrogen-bond donors (Lipinski definition) is 0. The van der Waals surface area contributed by atoms with Crippen LogP contribution in [-0.4, -0.2) is 0 Å². The van der Waals surface area contributed by atoms with Crippen LogP contribution in [0, 0.1) is 0 Å². The largest absolute Gasteiger partial charge is 0.103 e. The summed E-state index contributed by atoms with van der Waals surface area (Å²) in [5, 5.41) is 0.805. The molecule has 0 spiro atoms. The molecule has 0 aliphatic heterocycles. The summed E-state index contributed by atoms with van der Waals surface area (Å²) in [6, 6.07) is 9.98. The summed E-state index contributed by atoms with van der Waals surface area (Å²) in [6.45, 7) is 3.70. The summed E-state index contributed by atoms with van der Waals surface area (Å²) in [5.41, 5.74) is 1.06. The van der Waals surface area contributed by atoms with Crippen molar-refractivity contribution in [1.82, 2.24) is 0 Å². The van der Waals surface area contributed by atoms with E-state index < -0.39 is 0 Å². The molecule has 1 aromatic carbocycles. The van der Waals surface area contributed by atoms with Crippen molar-refractivity contribution in [1.29, 1.82) is 0 Å². The highest BCUT2D eigenvalue weighted by atomic mass is 79.9. The predicted molar refractivity (Wildman–Crippen MR) is 72.2 cm³/mol. The van der Waals surface area contributed by atoms with Gasteiger partial charge in [0.1, 0.15) is 0 Å². The molecular formula is C13H14BrCl. The third-order valence-corrected chi connectivity index (χ3v) is 3.54. The summed E-state index contributed by atoms with van der Waals surface area (Å²) in [6.07, 6.45) is 4.98. The van der Waals surface area contributed by atoms with Crippen LogP contribution in [0.3, 0.4) is 0 Å². The zero-order valence-electron chi connectivity index (χ0n) is 8.55. The van der Waals surface area contributed by atoms with Gasteiger partial charge in [-0.2, -0.15) is 0 Å². The number of halogens is 2. The predicted octanol–water partition coefficient (Wildman–Crippen LogP) is 5.35. The van der Waals surface area contributed by atoms with E-state index in [-0.39, 0.29) is 0 Å². The van der Waals surface area contributed by atoms with E-state index in [9.17, 15) is 0 Å². The number of unbranched alkanes of at least 4 members (excludes halogenated alkanes) is 1. The maximum Gasteiger partial charge on any atom is 0.0579 e. The Morgan fingerprint density at radius 3 is 2.60 bits per heavy atom. The molecule has 0 unspecified atom stereocenters. The molecule has 80 valence electrons. The lowest BCUT2D eigenvalue weighted by Crippen LogP contribution is -1.81. The van der Waals surface area contributed by atoms with Crippen molar-refractivity contribution in [3.8, 4) is 0 Å². The summed E-state index contributed by atoms with van der Waals surface area (Å²) < 4.78 is 1.07. The van der Waals surface area contributed by atoms with Crippen LogP contribution in [0.4, 0.5) is 0 Å². The van der Waals surface area contributed by atoms with E-state index in [1.165, 1.54) is 0 Å². The van der Waals surface area contributed by atoms with Crippen molar-refractivity contribution < 1.29 is 0 Å². The SMILES string of the molecule is C=CCCC/C(Br)=C(/Cl)c1ccccc1. The highest BCUT2D eigenvalue weighted by Crippen LogP contribution is 2.29. The van der Waals surface area contributed by atoms with Crippen LogP contribution in [0.1, 0.15) is 24.8 Å². The van der Waals surface area contributed by atoms with Gasteiger partial charge in [-0.05, 0) is 24.8 Å². The monoisotopic (exact) mass is 284 g/mol. The third kappa shape index (κ3) is 4.23. The Hall–Kier alpha value is -0.530. The molecule has 0 fully saturated rings. The van der Waals surface area contributed by atoms with Crippen molar-refractivity contribution in [3.05, 3.63) is 53.0 Å². The van der Waals surface area contributed by atoms with Crippen molar-refractivity contribution >= 4 is 32.6 Å². The first-order chi connectivity index (χ1) is 7.25. The Morgan fingerprint density at radius 2 is 2.00 bits per heavy atom. The maximum atomic E-state index is 6.24. The molecule has 0 amide bonds. The lowest BCUT2D eigenvalue weighted by Gasteiger charge is -2.03. The van der Waals surface area contributed by atoms with Crippen LogP contribution < -0.4 is 0 Å². The summed E-state index contributed by atoms with van der Waals surface area (Å²) in [5.74, 6) is 0. The number of rotatable bonds is 5. The molecule has 0 aliphatic carbocycles. The highest BCUT2D eigenvalue weighted by molar-refractivity contribution is 9.11. The van der Waals surface area contributed by atoms with E-state index in [0.29, 0.717) is 0 Å². The van der Waals surface area contributed by atoms with Crippen molar-refractivity contribution in [2.24, 2.45) is 0 Å². The second-order valence-electron chi connectivity index (χ2n) is 3.27. The van der Waals surface area contributed by atoms with E-state index in [1.54, 1.807) is 0 Å². The Kier molecular flexibility index (Phi) is 5.74. The molecule has 0 nitrogen and oxygen atoms in total. The minimum atomic E-state index is 0.805. The fourth-order valence-corrected chi connectivity index (χ4v) is 1.98. The molecule has 0 aliphatic rings. The molecule has 0 heterocycles. The molecule has 1 aromatic rings. The summed E-state index contributed by atoms with van der Waals surface area (Å²) in [4.78, 5) is 0. The molecule has 1 rings (SSSR count). The summed E-state index contributed by atoms with van der Waals surface area (Å²) >= 11 is 9.77. The smallest absolute Gasteiger partial charge is 0.0579 e. The van der Waals surface area contributed by atoms with Crippen molar-refractivity contribution in [3.63, 3.8) is 0 Å². The third-order valence-electron chi connectivity index (χ3n) is 2.07. The van der Waals surface area contributed by atoms with E-state index >= 15 is 0 Å². The molecule has 0 saturated heterocycles. The fourth-order valence-electron chi connectivity index (χ4n) is 1.25. The van der Waals surface area contributed by atoms with E-state index in [4.69, 9.17) is 11.6 Å². The van der Waals surface area contributed by atoms with Gasteiger partial charge in [0.2, 0.25) is 0 Å². The lowest BCUT2D eigenvalue weighted by atomic mass is 10.1. The second kappa shape index (κ2) is 6.86. The summed E-state index contributed by atoms with van der Waals surface area (Å²) in [7, 11) is 0. The minimum absolute atomic E-state index is 0.805. The van der Waals surface area contributed by atoms with Crippen LogP contribution in [-0.2, 0) is 0 Å². The zero-order valence-corrected chi connectivity index (χ0v) is 10.9. The molecule has 0 saturated carbocycles. The van der Waals surface area contributed by atoms with E-state index in [2.05, 4.69) is 22.5 Å². The average Bonchev–Trinajstić information content (AvgIpc) is 2.29. The molecular weight excluding hydrogens is 272 g/mol. The maximum absolute atomic E-state index is 6.24. The van der Waals surface area contributed by atoms with Gasteiger partial charge < -0.3 is 0 Å². The van der Waals surface area contributed by atoms with Gasteiger partial charge in [0.25, 0.3) is 0 Å². The van der Waals surface area contributed by atoms with Gasteiger partial charge >= 0.3 is 0 Å². The molecule has 0 radical (unpaired) electrons. The van der Waals surface area contributed by atoms with Gasteiger partial charge in [0.15, 0.2) is 0 Å². The quantitative estimate of drug-likeness (QED) is 0.505. The molecule has 0 aromatic heterocycles. The molecule has 15 heavy (non-hydrogen) atoms. The van der Waals surface area contributed by atoms with E-state index in [0.717, 1.165) is 34.3 Å². The Labute approximate surface area is 105 Å². The van der Waals surface area contributed by atoms with Crippen LogP contribution in [0.5, 0.6) is 0 Å². The lowest BCUT2D eigenvalue weighted by molar-refractivity contribution is 0.866. The van der Waals surface area contributed by atoms with Crippen LogP contribution >= 0.6 is 27.5 Å². The Balaban J connectivity index is 2.68. The van der Waals surface area contributed by atoms with Gasteiger partial charge in [-0.25, -0.2) is 0 Å². The number of hydrogen-bond acceptors (Lipinski definition) is 0. The highest BCUT2D eigenvalue weighted by Gasteiger charge is 2.03. The van der Waals surface area contributed by atoms with Gasteiger partial charge in [0.05, 0.1) is 5.03 Å². The molecule has 2 heteroatoms. The van der Waals surface area contributed by atoms with Gasteiger partial charge in [-0.15, -0.1) is 6.58 Å². The molecule has 0 N–H and O–H groups in total. The van der Waals surface area contributed by atoms with Crippen LogP contribution in [0.15, 0.2) is 47.5 Å². The van der Waals surface area contributed by atoms with Crippen LogP contribution in [0.2, 0.25) is 0 Å². The Bertz CT molecular complexity index is 341. The average molecular weight is 286 g/mol. The Morgan fingerprint density at radius 1 is 1.33 bits per heavy atom. The standard InChI is InChI=1S/C13H14BrCl/c1-2-3-5-10-12(14)13(15)11-8-6-4-7-9-11/h2,4,6-9H,1,3,5,10H2/b13-12-. The van der Waals surface area contributed by atoms with E-state index in [1.807, 2.05) is 36.4 Å². The normalized spacial score (nSPS) is 12.1. The topological polar surface area (TPSA) is 0 Å². The van der Waals surface area contributed by atoms with Crippen LogP contribution in [0.25, 0.3) is 5.03 Å². The fraction of sp³-hybridized carbons (Fsp3) is 0.231. The first-order valence-electron chi connectivity index (χ1n) is 4.96. The van der Waals surface area contributed by atoms with Gasteiger partial charge in [-0.3, -0.25) is 0 Å². The van der Waals surface area contributed by atoms with Crippen molar-refractivity contribution in [2.45, 2.75) is 19.3 Å². The van der Waals surface area contributed by atoms with Gasteiger partial charge in [0, 0.05) is 4.48 Å². The first kappa shape index (κ1) is 12.5. The molecule has 0 bridgehead atoms.